The summed E-state index contributed by atoms with van der Waals surface area (Å²) in [6.07, 6.45) is 2.53. The van der Waals surface area contributed by atoms with Gasteiger partial charge in [-0.15, -0.1) is 0 Å². The Balaban J connectivity index is 1.55. The van der Waals surface area contributed by atoms with Crippen LogP contribution in [0.15, 0.2) is 87.3 Å². The van der Waals surface area contributed by atoms with Gasteiger partial charge in [-0.25, -0.2) is 22.5 Å². The Kier molecular flexibility index (Phi) is 5.03. The summed E-state index contributed by atoms with van der Waals surface area (Å²) in [5, 5.41) is 0.345. The number of para-hydroxylation sites is 1. The lowest BCUT2D eigenvalue weighted by molar-refractivity contribution is 0.507. The van der Waals surface area contributed by atoms with E-state index in [1.807, 2.05) is 24.3 Å². The third-order valence-electron chi connectivity index (χ3n) is 5.86. The van der Waals surface area contributed by atoms with Crippen LogP contribution in [0, 0.1) is 0 Å². The van der Waals surface area contributed by atoms with Gasteiger partial charge in [-0.2, -0.15) is 0 Å². The molecule has 1 atom stereocenters. The van der Waals surface area contributed by atoms with E-state index in [0.717, 1.165) is 28.5 Å². The number of H-pyrrole nitrogens is 1. The number of aryl methyl sites for hydroxylation is 1. The highest BCUT2D eigenvalue weighted by atomic mass is 32.2. The number of aromatic nitrogens is 2. The van der Waals surface area contributed by atoms with E-state index in [9.17, 15) is 18.0 Å². The molecule has 3 aromatic carbocycles. The maximum absolute atomic E-state index is 13.2. The monoisotopic (exact) mass is 447 g/mol. The Morgan fingerprint density at radius 3 is 2.59 bits per heavy atom. The van der Waals surface area contributed by atoms with Crippen LogP contribution in [0.3, 0.4) is 0 Å². The van der Waals surface area contributed by atoms with Crippen molar-refractivity contribution in [3.05, 3.63) is 105 Å². The molecule has 1 unspecified atom stereocenters. The van der Waals surface area contributed by atoms with Crippen LogP contribution in [0.25, 0.3) is 16.6 Å². The average Bonchev–Trinajstić information content (AvgIpc) is 2.79. The fourth-order valence-electron chi connectivity index (χ4n) is 4.32. The molecule has 0 bridgehead atoms. The van der Waals surface area contributed by atoms with E-state index in [1.165, 1.54) is 18.2 Å². The van der Waals surface area contributed by atoms with Crippen molar-refractivity contribution in [3.8, 4) is 5.69 Å². The molecule has 0 saturated heterocycles. The van der Waals surface area contributed by atoms with Gasteiger partial charge in [-0.05, 0) is 60.7 Å². The fourth-order valence-corrected chi connectivity index (χ4v) is 5.61. The van der Waals surface area contributed by atoms with Crippen LogP contribution in [0.5, 0.6) is 0 Å². The molecule has 1 aromatic heterocycles. The molecule has 0 radical (unpaired) electrons. The normalized spacial score (nSPS) is 16.1. The highest BCUT2D eigenvalue weighted by Gasteiger charge is 2.26. The number of hydrogen-bond acceptors (Lipinski definition) is 4. The number of benzene rings is 3. The number of nitrogens with one attached hydrogen (secondary N) is 2. The molecular formula is C24H21N3O4S. The second-order valence-electron chi connectivity index (χ2n) is 7.88. The number of aromatic amines is 1. The zero-order chi connectivity index (χ0) is 22.3. The van der Waals surface area contributed by atoms with Gasteiger partial charge >= 0.3 is 5.69 Å². The van der Waals surface area contributed by atoms with E-state index in [2.05, 4.69) is 9.71 Å². The van der Waals surface area contributed by atoms with Crippen LogP contribution in [0.2, 0.25) is 0 Å². The van der Waals surface area contributed by atoms with Gasteiger partial charge in [0, 0.05) is 6.04 Å². The first-order chi connectivity index (χ1) is 15.4. The van der Waals surface area contributed by atoms with Gasteiger partial charge in [0.2, 0.25) is 10.0 Å². The van der Waals surface area contributed by atoms with Crippen LogP contribution in [-0.2, 0) is 16.4 Å². The summed E-state index contributed by atoms with van der Waals surface area (Å²) in [4.78, 5) is 28.2. The highest BCUT2D eigenvalue weighted by Crippen LogP contribution is 2.31. The van der Waals surface area contributed by atoms with E-state index >= 15 is 0 Å². The molecule has 1 heterocycles. The van der Waals surface area contributed by atoms with Gasteiger partial charge < -0.3 is 4.98 Å². The third kappa shape index (κ3) is 3.57. The standard InChI is InChI=1S/C24H21N3O4S/c28-23-20-12-3-4-13-21(20)25-24(29)27(23)17-9-6-10-18(15-17)32(30,31)26-22-14-5-8-16-7-1-2-11-19(16)22/h1-4,6-7,9-13,15,22,26H,5,8,14H2,(H,25,29). The van der Waals surface area contributed by atoms with E-state index < -0.39 is 21.3 Å². The van der Waals surface area contributed by atoms with Crippen molar-refractivity contribution in [2.45, 2.75) is 30.2 Å². The summed E-state index contributed by atoms with van der Waals surface area (Å²) in [6.45, 7) is 0. The first kappa shape index (κ1) is 20.4. The summed E-state index contributed by atoms with van der Waals surface area (Å²) < 4.78 is 30.1. The van der Waals surface area contributed by atoms with E-state index in [-0.39, 0.29) is 16.6 Å². The molecule has 7 nitrogen and oxygen atoms in total. The molecular weight excluding hydrogens is 426 g/mol. The Bertz CT molecular complexity index is 1550. The van der Waals surface area contributed by atoms with E-state index in [1.54, 1.807) is 30.3 Å². The SMILES string of the molecule is O=c1[nH]c2ccccc2c(=O)n1-c1cccc(S(=O)(=O)NC2CCCc3ccccc32)c1. The molecule has 0 fully saturated rings. The van der Waals surface area contributed by atoms with Crippen LogP contribution in [0.4, 0.5) is 0 Å². The van der Waals surface area contributed by atoms with Gasteiger partial charge in [0.05, 0.1) is 21.5 Å². The van der Waals surface area contributed by atoms with Crippen LogP contribution >= 0.6 is 0 Å². The molecule has 0 amide bonds. The largest absolute Gasteiger partial charge is 0.333 e. The molecule has 32 heavy (non-hydrogen) atoms. The molecule has 1 aliphatic rings. The third-order valence-corrected chi connectivity index (χ3v) is 7.33. The zero-order valence-corrected chi connectivity index (χ0v) is 17.9. The number of fused-ring (bicyclic) bond motifs is 2. The molecule has 4 aromatic rings. The van der Waals surface area contributed by atoms with Crippen molar-refractivity contribution in [3.63, 3.8) is 0 Å². The predicted octanol–water partition coefficient (Wildman–Crippen LogP) is 3.03. The minimum atomic E-state index is -3.88. The Morgan fingerprint density at radius 1 is 0.938 bits per heavy atom. The number of sulfonamides is 1. The molecule has 2 N–H and O–H groups in total. The van der Waals surface area contributed by atoms with Crippen molar-refractivity contribution >= 4 is 20.9 Å². The molecule has 0 spiro atoms. The fraction of sp³-hybridized carbons (Fsp3) is 0.167. The number of hydrogen-bond donors (Lipinski definition) is 2. The minimum absolute atomic E-state index is 0.00230. The first-order valence-electron chi connectivity index (χ1n) is 10.4. The smallest absolute Gasteiger partial charge is 0.306 e. The molecule has 5 rings (SSSR count). The van der Waals surface area contributed by atoms with E-state index in [4.69, 9.17) is 0 Å². The summed E-state index contributed by atoms with van der Waals surface area (Å²) in [5.74, 6) is 0. The molecule has 162 valence electrons. The Labute approximate surface area is 184 Å². The van der Waals surface area contributed by atoms with Crippen LogP contribution in [0.1, 0.15) is 30.0 Å². The topological polar surface area (TPSA) is 101 Å². The quantitative estimate of drug-likeness (QED) is 0.502. The van der Waals surface area contributed by atoms with Crippen LogP contribution in [-0.4, -0.2) is 18.0 Å². The lowest BCUT2D eigenvalue weighted by atomic mass is 9.88. The van der Waals surface area contributed by atoms with Crippen molar-refractivity contribution < 1.29 is 8.42 Å². The maximum atomic E-state index is 13.2. The van der Waals surface area contributed by atoms with Crippen LogP contribution < -0.4 is 16.0 Å². The van der Waals surface area contributed by atoms with Gasteiger partial charge in [-0.1, -0.05) is 42.5 Å². The lowest BCUT2D eigenvalue weighted by Crippen LogP contribution is -2.34. The van der Waals surface area contributed by atoms with E-state index in [0.29, 0.717) is 17.3 Å². The Morgan fingerprint density at radius 2 is 1.72 bits per heavy atom. The average molecular weight is 448 g/mol. The second-order valence-corrected chi connectivity index (χ2v) is 9.59. The van der Waals surface area contributed by atoms with Gasteiger partial charge in [0.25, 0.3) is 5.56 Å². The van der Waals surface area contributed by atoms with Crippen molar-refractivity contribution in [1.29, 1.82) is 0 Å². The van der Waals surface area contributed by atoms with Crippen molar-refractivity contribution in [2.24, 2.45) is 0 Å². The van der Waals surface area contributed by atoms with Crippen molar-refractivity contribution in [2.75, 3.05) is 0 Å². The van der Waals surface area contributed by atoms with Gasteiger partial charge in [0.1, 0.15) is 0 Å². The summed E-state index contributed by atoms with van der Waals surface area (Å²) in [7, 11) is -3.88. The second kappa shape index (κ2) is 7.89. The van der Waals surface area contributed by atoms with Crippen molar-refractivity contribution in [1.82, 2.24) is 14.3 Å². The molecule has 0 aliphatic heterocycles. The lowest BCUT2D eigenvalue weighted by Gasteiger charge is -2.26. The maximum Gasteiger partial charge on any atom is 0.333 e. The number of rotatable bonds is 4. The summed E-state index contributed by atoms with van der Waals surface area (Å²) in [6, 6.07) is 20.1. The predicted molar refractivity (Wildman–Crippen MR) is 123 cm³/mol. The highest BCUT2D eigenvalue weighted by molar-refractivity contribution is 7.89. The molecule has 0 saturated carbocycles. The van der Waals surface area contributed by atoms with Gasteiger partial charge in [0.15, 0.2) is 0 Å². The summed E-state index contributed by atoms with van der Waals surface area (Å²) in [5.41, 5.74) is 1.62. The first-order valence-corrected chi connectivity index (χ1v) is 11.9. The number of nitrogens with zero attached hydrogens (tertiary/aromatic N) is 1. The minimum Gasteiger partial charge on any atom is -0.306 e. The molecule has 8 heteroatoms. The Hall–Kier alpha value is -3.49. The summed E-state index contributed by atoms with van der Waals surface area (Å²) >= 11 is 0. The zero-order valence-electron chi connectivity index (χ0n) is 17.1. The van der Waals surface area contributed by atoms with Gasteiger partial charge in [-0.3, -0.25) is 4.79 Å². The molecule has 1 aliphatic carbocycles.